The van der Waals surface area contributed by atoms with Crippen LogP contribution < -0.4 is 16.0 Å². The quantitative estimate of drug-likeness (QED) is 0.362. The van der Waals surface area contributed by atoms with Gasteiger partial charge in [0.25, 0.3) is 5.91 Å². The minimum Gasteiger partial charge on any atom is -0.508 e. The maximum atomic E-state index is 13.6. The highest BCUT2D eigenvalue weighted by atomic mass is 16.6. The van der Waals surface area contributed by atoms with Gasteiger partial charge in [0.1, 0.15) is 24.4 Å². The van der Waals surface area contributed by atoms with Crippen molar-refractivity contribution in [1.29, 1.82) is 0 Å². The summed E-state index contributed by atoms with van der Waals surface area (Å²) in [6.45, 7) is 9.57. The molecular formula is C29H38N4O6. The Morgan fingerprint density at radius 2 is 1.74 bits per heavy atom. The number of phenols is 1. The number of imide groups is 1. The third-order valence-electron chi connectivity index (χ3n) is 6.67. The second-order valence-corrected chi connectivity index (χ2v) is 11.2. The summed E-state index contributed by atoms with van der Waals surface area (Å²) in [6, 6.07) is 10.9. The number of likely N-dealkylation sites (N-methyl/N-ethyl adjacent to an activating group) is 1. The molecule has 4 N–H and O–H groups in total. The molecule has 1 saturated heterocycles. The average molecular weight is 539 g/mol. The Hall–Kier alpha value is -4.08. The molecule has 0 saturated carbocycles. The molecule has 0 bridgehead atoms. The molecule has 0 spiro atoms. The number of ether oxygens (including phenoxy) is 1. The van der Waals surface area contributed by atoms with Gasteiger partial charge in [0.15, 0.2) is 0 Å². The Morgan fingerprint density at radius 1 is 1.08 bits per heavy atom. The number of carbonyl (C=O) groups is 4. The molecule has 10 heteroatoms. The van der Waals surface area contributed by atoms with Crippen LogP contribution >= 0.6 is 0 Å². The second kappa shape index (κ2) is 12.2. The molecule has 210 valence electrons. The van der Waals surface area contributed by atoms with Crippen molar-refractivity contribution < 1.29 is 29.0 Å². The first-order valence-corrected chi connectivity index (χ1v) is 13.0. The van der Waals surface area contributed by atoms with Crippen LogP contribution in [-0.2, 0) is 32.8 Å². The highest BCUT2D eigenvalue weighted by Gasteiger charge is 2.40. The number of amides is 5. The smallest absolute Gasteiger partial charge is 0.410 e. The van der Waals surface area contributed by atoms with Crippen LogP contribution in [-0.4, -0.2) is 59.1 Å². The number of nitrogens with zero attached hydrogens (tertiary/aromatic N) is 1. The number of nitrogens with one attached hydrogen (secondary N) is 3. The van der Waals surface area contributed by atoms with Crippen molar-refractivity contribution >= 4 is 23.9 Å². The van der Waals surface area contributed by atoms with Gasteiger partial charge < -0.3 is 20.5 Å². The lowest BCUT2D eigenvalue weighted by molar-refractivity contribution is -0.128. The predicted octanol–water partition coefficient (Wildman–Crippen LogP) is 3.22. The molecule has 1 fully saturated rings. The number of urea groups is 1. The molecule has 3 rings (SSSR count). The fraction of sp³-hybridized carbons (Fsp3) is 0.448. The van der Waals surface area contributed by atoms with Gasteiger partial charge in [-0.3, -0.25) is 19.8 Å². The minimum atomic E-state index is -1.02. The number of hydrogen-bond acceptors (Lipinski definition) is 6. The lowest BCUT2D eigenvalue weighted by Gasteiger charge is -2.32. The van der Waals surface area contributed by atoms with Gasteiger partial charge >= 0.3 is 12.1 Å². The molecule has 39 heavy (non-hydrogen) atoms. The minimum absolute atomic E-state index is 0.0598. The highest BCUT2D eigenvalue weighted by Crippen LogP contribution is 2.31. The summed E-state index contributed by atoms with van der Waals surface area (Å²) in [4.78, 5) is 52.1. The largest absolute Gasteiger partial charge is 0.508 e. The van der Waals surface area contributed by atoms with Gasteiger partial charge in [-0.2, -0.15) is 0 Å². The molecule has 0 radical (unpaired) electrons. The lowest BCUT2D eigenvalue weighted by Crippen LogP contribution is -2.58. The van der Waals surface area contributed by atoms with Gasteiger partial charge in [-0.1, -0.05) is 77.1 Å². The van der Waals surface area contributed by atoms with E-state index in [2.05, 4.69) is 16.0 Å². The average Bonchev–Trinajstić information content (AvgIpc) is 3.20. The molecule has 3 unspecified atom stereocenters. The van der Waals surface area contributed by atoms with E-state index in [0.717, 1.165) is 11.1 Å². The maximum absolute atomic E-state index is 13.6. The van der Waals surface area contributed by atoms with Crippen molar-refractivity contribution in [3.63, 3.8) is 0 Å². The summed E-state index contributed by atoms with van der Waals surface area (Å²) in [5, 5.41) is 18.0. The number of carbonyl (C=O) groups excluding carboxylic acids is 4. The molecule has 0 aliphatic carbocycles. The fourth-order valence-corrected chi connectivity index (χ4v) is 4.66. The van der Waals surface area contributed by atoms with Crippen LogP contribution in [0.2, 0.25) is 0 Å². The first-order chi connectivity index (χ1) is 18.3. The monoisotopic (exact) mass is 538 g/mol. The van der Waals surface area contributed by atoms with E-state index in [0.29, 0.717) is 5.56 Å². The van der Waals surface area contributed by atoms with Crippen LogP contribution in [0.4, 0.5) is 9.59 Å². The number of phenolic OH excluding ortho intramolecular Hbond substituents is 1. The zero-order valence-corrected chi connectivity index (χ0v) is 23.3. The molecule has 1 aliphatic rings. The topological polar surface area (TPSA) is 137 Å². The Morgan fingerprint density at radius 3 is 2.31 bits per heavy atom. The van der Waals surface area contributed by atoms with Crippen LogP contribution in [0.25, 0.3) is 0 Å². The zero-order valence-electron chi connectivity index (χ0n) is 23.3. The maximum Gasteiger partial charge on any atom is 0.410 e. The normalized spacial score (nSPS) is 16.7. The van der Waals surface area contributed by atoms with Crippen LogP contribution in [0.5, 0.6) is 5.75 Å². The SMILES string of the molecule is CC(C)C(C(=O)NC(Cc1ccc(O)c(C(C)(C)C)c1)C1NC(=O)NC1=O)N(C)C(=O)OCc1ccccc1. The molecule has 0 aromatic heterocycles. The summed E-state index contributed by atoms with van der Waals surface area (Å²) in [6.07, 6.45) is -0.468. The number of rotatable bonds is 9. The van der Waals surface area contributed by atoms with E-state index < -0.39 is 42.1 Å². The van der Waals surface area contributed by atoms with Crippen molar-refractivity contribution in [2.45, 2.75) is 71.2 Å². The number of hydrogen-bond donors (Lipinski definition) is 4. The van der Waals surface area contributed by atoms with E-state index in [-0.39, 0.29) is 30.1 Å². The summed E-state index contributed by atoms with van der Waals surface area (Å²) in [5.41, 5.74) is 1.94. The van der Waals surface area contributed by atoms with Gasteiger partial charge in [-0.15, -0.1) is 0 Å². The van der Waals surface area contributed by atoms with Gasteiger partial charge in [-0.25, -0.2) is 9.59 Å². The third kappa shape index (κ3) is 7.49. The molecule has 2 aromatic carbocycles. The van der Waals surface area contributed by atoms with E-state index in [4.69, 9.17) is 4.74 Å². The fourth-order valence-electron chi connectivity index (χ4n) is 4.66. The van der Waals surface area contributed by atoms with Gasteiger partial charge in [-0.05, 0) is 40.5 Å². The van der Waals surface area contributed by atoms with E-state index in [1.807, 2.05) is 57.2 Å². The van der Waals surface area contributed by atoms with Crippen LogP contribution in [0.15, 0.2) is 48.5 Å². The van der Waals surface area contributed by atoms with Crippen molar-refractivity contribution in [2.75, 3.05) is 7.05 Å². The van der Waals surface area contributed by atoms with Gasteiger partial charge in [0.2, 0.25) is 5.91 Å². The summed E-state index contributed by atoms with van der Waals surface area (Å²) in [7, 11) is 1.49. The number of aromatic hydroxyl groups is 1. The van der Waals surface area contributed by atoms with E-state index in [9.17, 15) is 24.3 Å². The summed E-state index contributed by atoms with van der Waals surface area (Å²) < 4.78 is 5.42. The van der Waals surface area contributed by atoms with E-state index >= 15 is 0 Å². The highest BCUT2D eigenvalue weighted by molar-refractivity contribution is 6.05. The van der Waals surface area contributed by atoms with Crippen LogP contribution in [0.1, 0.15) is 51.3 Å². The van der Waals surface area contributed by atoms with E-state index in [1.54, 1.807) is 26.0 Å². The van der Waals surface area contributed by atoms with Crippen molar-refractivity contribution in [3.05, 3.63) is 65.2 Å². The van der Waals surface area contributed by atoms with Gasteiger partial charge in [0.05, 0.1) is 6.04 Å². The summed E-state index contributed by atoms with van der Waals surface area (Å²) >= 11 is 0. The van der Waals surface area contributed by atoms with Crippen LogP contribution in [0, 0.1) is 5.92 Å². The van der Waals surface area contributed by atoms with Crippen molar-refractivity contribution in [3.8, 4) is 5.75 Å². The molecule has 1 aliphatic heterocycles. The molecule has 3 atom stereocenters. The predicted molar refractivity (Wildman–Crippen MR) is 146 cm³/mol. The van der Waals surface area contributed by atoms with Gasteiger partial charge in [0, 0.05) is 7.05 Å². The summed E-state index contributed by atoms with van der Waals surface area (Å²) in [5.74, 6) is -1.18. The Bertz CT molecular complexity index is 1210. The Balaban J connectivity index is 1.81. The van der Waals surface area contributed by atoms with E-state index in [1.165, 1.54) is 11.9 Å². The Kier molecular flexibility index (Phi) is 9.21. The molecule has 1 heterocycles. The molecule has 2 aromatic rings. The Labute approximate surface area is 229 Å². The standard InChI is InChI=1S/C29H38N4O6/c1-17(2)24(33(6)28(38)39-16-18-10-8-7-9-11-18)26(36)30-21(23-25(35)32-27(37)31-23)15-19-12-13-22(34)20(14-19)29(3,4)5/h7-14,17,21,23-24,34H,15-16H2,1-6H3,(H,30,36)(H2,31,32,35,37). The number of benzene rings is 2. The second-order valence-electron chi connectivity index (χ2n) is 11.2. The molecule has 10 nitrogen and oxygen atoms in total. The third-order valence-corrected chi connectivity index (χ3v) is 6.67. The van der Waals surface area contributed by atoms with Crippen LogP contribution in [0.3, 0.4) is 0 Å². The zero-order chi connectivity index (χ0) is 28.9. The van der Waals surface area contributed by atoms with Crippen molar-refractivity contribution in [2.24, 2.45) is 5.92 Å². The van der Waals surface area contributed by atoms with Crippen molar-refractivity contribution in [1.82, 2.24) is 20.9 Å². The molecule has 5 amide bonds. The lowest BCUT2D eigenvalue weighted by atomic mass is 9.84. The first-order valence-electron chi connectivity index (χ1n) is 13.0. The first kappa shape index (κ1) is 29.5. The molecular weight excluding hydrogens is 500 g/mol.